The molecule has 1 fully saturated rings. The Morgan fingerprint density at radius 1 is 1.50 bits per heavy atom. The molecule has 0 aliphatic carbocycles. The van der Waals surface area contributed by atoms with Crippen molar-refractivity contribution in [1.29, 1.82) is 0 Å². The number of carbonyl (C=O) groups is 1. The first-order valence-corrected chi connectivity index (χ1v) is 4.38. The second kappa shape index (κ2) is 3.93. The zero-order valence-corrected chi connectivity index (χ0v) is 7.26. The quantitative estimate of drug-likeness (QED) is 0.457. The van der Waals surface area contributed by atoms with E-state index >= 15 is 0 Å². The molecule has 0 aromatic rings. The molecule has 10 heavy (non-hydrogen) atoms. The highest BCUT2D eigenvalue weighted by atomic mass is 79.9. The van der Waals surface area contributed by atoms with Gasteiger partial charge in [-0.15, -0.1) is 0 Å². The molecule has 1 amide bonds. The number of rotatable bonds is 1. The smallest absolute Gasteiger partial charge is 0.233 e. The van der Waals surface area contributed by atoms with Crippen LogP contribution in [0.4, 0.5) is 0 Å². The minimum Gasteiger partial charge on any atom is -0.378 e. The van der Waals surface area contributed by atoms with Gasteiger partial charge in [0.15, 0.2) is 0 Å². The maximum absolute atomic E-state index is 11.0. The van der Waals surface area contributed by atoms with E-state index in [9.17, 15) is 4.79 Å². The molecule has 1 rings (SSSR count). The molecule has 1 heterocycles. The fourth-order valence-electron chi connectivity index (χ4n) is 0.897. The molecule has 1 saturated heterocycles. The molecule has 0 spiro atoms. The van der Waals surface area contributed by atoms with Crippen molar-refractivity contribution in [3.63, 3.8) is 0 Å². The van der Waals surface area contributed by atoms with Crippen molar-refractivity contribution >= 4 is 21.8 Å². The lowest BCUT2D eigenvalue weighted by atomic mass is 10.5. The number of morpholine rings is 1. The molecule has 0 unspecified atom stereocenters. The number of hydrogen-bond acceptors (Lipinski definition) is 2. The second-order valence-corrected chi connectivity index (χ2v) is 2.69. The molecule has 3 nitrogen and oxygen atoms in total. The number of ether oxygens (including phenoxy) is 1. The van der Waals surface area contributed by atoms with Crippen LogP contribution in [-0.4, -0.2) is 42.4 Å². The van der Waals surface area contributed by atoms with Crippen molar-refractivity contribution < 1.29 is 9.53 Å². The summed E-state index contributed by atoms with van der Waals surface area (Å²) in [6.45, 7) is 2.84. The molecule has 0 radical (unpaired) electrons. The Hall–Kier alpha value is -0.0900. The maximum Gasteiger partial charge on any atom is 0.233 e. The third-order valence-electron chi connectivity index (χ3n) is 1.48. The van der Waals surface area contributed by atoms with Gasteiger partial charge < -0.3 is 9.64 Å². The van der Waals surface area contributed by atoms with Gasteiger partial charge >= 0.3 is 0 Å². The Morgan fingerprint density at radius 2 is 2.10 bits per heavy atom. The van der Waals surface area contributed by atoms with Gasteiger partial charge in [0, 0.05) is 13.1 Å². The van der Waals surface area contributed by atoms with Crippen LogP contribution in [-0.2, 0) is 9.53 Å². The molecule has 1 aliphatic heterocycles. The van der Waals surface area contributed by atoms with Gasteiger partial charge in [0.25, 0.3) is 0 Å². The monoisotopic (exact) mass is 208 g/mol. The van der Waals surface area contributed by atoms with Gasteiger partial charge in [0.1, 0.15) is 0 Å². The van der Waals surface area contributed by atoms with E-state index in [0.717, 1.165) is 13.1 Å². The van der Waals surface area contributed by atoms with Gasteiger partial charge in [-0.1, -0.05) is 15.9 Å². The third-order valence-corrected chi connectivity index (χ3v) is 1.96. The highest BCUT2D eigenvalue weighted by Gasteiger charge is 2.14. The lowest BCUT2D eigenvalue weighted by Gasteiger charge is -2.25. The minimum atomic E-state index is 0.156. The summed E-state index contributed by atoms with van der Waals surface area (Å²) in [5.41, 5.74) is 0. The first-order chi connectivity index (χ1) is 4.84. The fraction of sp³-hybridized carbons (Fsp3) is 0.833. The summed E-state index contributed by atoms with van der Waals surface area (Å²) in [7, 11) is 0. The number of carbonyl (C=O) groups excluding carboxylic acids is 1. The van der Waals surface area contributed by atoms with Crippen molar-refractivity contribution in [3.05, 3.63) is 0 Å². The highest BCUT2D eigenvalue weighted by molar-refractivity contribution is 9.09. The Morgan fingerprint density at radius 3 is 2.60 bits per heavy atom. The van der Waals surface area contributed by atoms with Gasteiger partial charge in [0.05, 0.1) is 18.5 Å². The van der Waals surface area contributed by atoms with Crippen LogP contribution in [0.1, 0.15) is 0 Å². The first kappa shape index (κ1) is 8.01. The molecule has 1 aliphatic rings. The zero-order chi connectivity index (χ0) is 7.40. The van der Waals surface area contributed by atoms with Gasteiger partial charge in [-0.2, -0.15) is 0 Å². The van der Waals surface area contributed by atoms with Gasteiger partial charge in [-0.05, 0) is 0 Å². The molecule has 58 valence electrons. The van der Waals surface area contributed by atoms with Crippen LogP contribution in [0.5, 0.6) is 0 Å². The van der Waals surface area contributed by atoms with E-state index in [0.29, 0.717) is 18.5 Å². The van der Waals surface area contributed by atoms with E-state index in [1.54, 1.807) is 4.90 Å². The topological polar surface area (TPSA) is 29.5 Å². The summed E-state index contributed by atoms with van der Waals surface area (Å²) < 4.78 is 5.09. The number of alkyl halides is 1. The molecule has 0 N–H and O–H groups in total. The SMILES string of the molecule is O=[13C](CBr)N1CCOCC1. The first-order valence-electron chi connectivity index (χ1n) is 3.26. The zero-order valence-electron chi connectivity index (χ0n) is 5.68. The Bertz CT molecular complexity index is 123. The fourth-order valence-corrected chi connectivity index (χ4v) is 1.25. The predicted octanol–water partition coefficient (Wildman–Crippen LogP) is 0.240. The average Bonchev–Trinajstić information content (AvgIpc) is 2.05. The molecule has 4 heteroatoms. The Balaban J connectivity index is 2.31. The summed E-state index contributed by atoms with van der Waals surface area (Å²) in [5, 5.41) is 0.424. The standard InChI is InChI=1S/C6H10BrNO2/c7-5-6(9)8-1-3-10-4-2-8/h1-5H2/i6+1. The second-order valence-electron chi connectivity index (χ2n) is 2.13. The normalized spacial score (nSPS) is 19.1. The van der Waals surface area contributed by atoms with E-state index in [1.165, 1.54) is 0 Å². The largest absolute Gasteiger partial charge is 0.378 e. The molecular weight excluding hydrogens is 199 g/mol. The molecule has 0 aromatic carbocycles. The van der Waals surface area contributed by atoms with Crippen molar-refractivity contribution in [3.8, 4) is 0 Å². The van der Waals surface area contributed by atoms with E-state index in [1.807, 2.05) is 0 Å². The Labute approximate surface area is 68.5 Å². The summed E-state index contributed by atoms with van der Waals surface area (Å²) >= 11 is 3.12. The predicted molar refractivity (Wildman–Crippen MR) is 41.2 cm³/mol. The summed E-state index contributed by atoms with van der Waals surface area (Å²) in [4.78, 5) is 12.8. The van der Waals surface area contributed by atoms with Crippen LogP contribution in [0.3, 0.4) is 0 Å². The number of hydrogen-bond donors (Lipinski definition) is 0. The molecule has 0 aromatic heterocycles. The van der Waals surface area contributed by atoms with Crippen LogP contribution < -0.4 is 0 Å². The minimum absolute atomic E-state index is 0.156. The lowest BCUT2D eigenvalue weighted by Crippen LogP contribution is -2.41. The summed E-state index contributed by atoms with van der Waals surface area (Å²) in [6, 6.07) is 0. The van der Waals surface area contributed by atoms with E-state index in [-0.39, 0.29) is 5.91 Å². The molecule has 0 saturated carbocycles. The number of amides is 1. The highest BCUT2D eigenvalue weighted by Crippen LogP contribution is 1.98. The summed E-state index contributed by atoms with van der Waals surface area (Å²) in [6.07, 6.45) is 0. The molecular formula is C6H10BrNO2. The van der Waals surface area contributed by atoms with Crippen LogP contribution >= 0.6 is 15.9 Å². The van der Waals surface area contributed by atoms with E-state index < -0.39 is 0 Å². The number of halogens is 1. The maximum atomic E-state index is 11.0. The van der Waals surface area contributed by atoms with Crippen molar-refractivity contribution in [2.45, 2.75) is 0 Å². The van der Waals surface area contributed by atoms with Gasteiger partial charge in [-0.25, -0.2) is 0 Å². The van der Waals surface area contributed by atoms with E-state index in [2.05, 4.69) is 15.9 Å². The summed E-state index contributed by atoms with van der Waals surface area (Å²) in [5.74, 6) is 0.156. The van der Waals surface area contributed by atoms with Crippen molar-refractivity contribution in [2.75, 3.05) is 31.6 Å². The van der Waals surface area contributed by atoms with Crippen LogP contribution in [0, 0.1) is 0 Å². The van der Waals surface area contributed by atoms with Crippen molar-refractivity contribution in [2.24, 2.45) is 0 Å². The Kier molecular flexibility index (Phi) is 3.15. The van der Waals surface area contributed by atoms with Crippen molar-refractivity contribution in [1.82, 2.24) is 4.90 Å². The lowest BCUT2D eigenvalue weighted by molar-refractivity contribution is -0.132. The van der Waals surface area contributed by atoms with E-state index in [4.69, 9.17) is 4.74 Å². The van der Waals surface area contributed by atoms with Crippen LogP contribution in [0.2, 0.25) is 0 Å². The van der Waals surface area contributed by atoms with Crippen LogP contribution in [0.15, 0.2) is 0 Å². The van der Waals surface area contributed by atoms with Crippen LogP contribution in [0.25, 0.3) is 0 Å². The van der Waals surface area contributed by atoms with Gasteiger partial charge in [0.2, 0.25) is 5.91 Å². The average molecular weight is 209 g/mol. The number of nitrogens with zero attached hydrogens (tertiary/aromatic N) is 1. The molecule has 0 bridgehead atoms. The third kappa shape index (κ3) is 1.95. The van der Waals surface area contributed by atoms with Gasteiger partial charge in [-0.3, -0.25) is 4.79 Å². The molecule has 0 atom stereocenters.